The maximum Gasteiger partial charge on any atom is 0.125 e. The Morgan fingerprint density at radius 1 is 1.00 bits per heavy atom. The molecule has 0 aromatic heterocycles. The van der Waals surface area contributed by atoms with Gasteiger partial charge in [0, 0.05) is 12.5 Å². The van der Waals surface area contributed by atoms with Crippen LogP contribution >= 0.6 is 0 Å². The summed E-state index contributed by atoms with van der Waals surface area (Å²) in [6, 6.07) is 19.2. The van der Waals surface area contributed by atoms with Crippen LogP contribution in [0.4, 0.5) is 0 Å². The Morgan fingerprint density at radius 2 is 1.67 bits per heavy atom. The molecular weight excluding hydrogens is 220 g/mol. The second-order valence-corrected chi connectivity index (χ2v) is 4.84. The number of ether oxygens (including phenoxy) is 1. The van der Waals surface area contributed by atoms with Crippen LogP contribution in [0.2, 0.25) is 0 Å². The summed E-state index contributed by atoms with van der Waals surface area (Å²) in [6.07, 6.45) is 0. The Hall–Kier alpha value is -1.60. The van der Waals surface area contributed by atoms with Crippen molar-refractivity contribution in [2.24, 2.45) is 0 Å². The van der Waals surface area contributed by atoms with Crippen LogP contribution in [0.25, 0.3) is 0 Å². The van der Waals surface area contributed by atoms with Crippen molar-refractivity contribution in [1.82, 2.24) is 0 Å². The third kappa shape index (κ3) is 1.37. The molecule has 0 spiro atoms. The second-order valence-electron chi connectivity index (χ2n) is 4.84. The quantitative estimate of drug-likeness (QED) is 0.782. The lowest BCUT2D eigenvalue weighted by atomic mass is 9.62. The number of hydrogen-bond acceptors (Lipinski definition) is 1. The van der Waals surface area contributed by atoms with Gasteiger partial charge in [-0.05, 0) is 23.6 Å². The van der Waals surface area contributed by atoms with E-state index in [4.69, 9.17) is 4.74 Å². The zero-order chi connectivity index (χ0) is 12.6. The highest BCUT2D eigenvalue weighted by Crippen LogP contribution is 2.55. The summed E-state index contributed by atoms with van der Waals surface area (Å²) in [6.45, 7) is 5.05. The molecule has 0 radical (unpaired) electrons. The molecule has 0 fully saturated rings. The van der Waals surface area contributed by atoms with Crippen LogP contribution in [0.15, 0.2) is 54.6 Å². The molecule has 0 amide bonds. The van der Waals surface area contributed by atoms with Crippen molar-refractivity contribution in [2.75, 3.05) is 6.61 Å². The molecule has 1 nitrogen and oxygen atoms in total. The summed E-state index contributed by atoms with van der Waals surface area (Å²) in [4.78, 5) is 0. The fourth-order valence-electron chi connectivity index (χ4n) is 3.19. The van der Waals surface area contributed by atoms with E-state index in [0.717, 1.165) is 6.61 Å². The largest absolute Gasteiger partial charge is 0.365 e. The van der Waals surface area contributed by atoms with Crippen LogP contribution in [0.3, 0.4) is 0 Å². The molecule has 0 saturated heterocycles. The standard InChI is InChI=1S/C17H18O/c1-3-18-17(14-9-5-4-6-10-14)13(2)15-11-7-8-12-16(15)17/h4-13H,3H2,1-2H3. The molecule has 1 aliphatic carbocycles. The zero-order valence-electron chi connectivity index (χ0n) is 10.9. The number of benzene rings is 2. The van der Waals surface area contributed by atoms with Crippen molar-refractivity contribution in [2.45, 2.75) is 25.4 Å². The lowest BCUT2D eigenvalue weighted by Gasteiger charge is -2.49. The smallest absolute Gasteiger partial charge is 0.125 e. The van der Waals surface area contributed by atoms with Gasteiger partial charge in [0.1, 0.15) is 5.60 Å². The second kappa shape index (κ2) is 4.25. The minimum Gasteiger partial charge on any atom is -0.365 e. The van der Waals surface area contributed by atoms with E-state index in [1.54, 1.807) is 0 Å². The normalized spacial score (nSPS) is 25.3. The van der Waals surface area contributed by atoms with Gasteiger partial charge in [-0.2, -0.15) is 0 Å². The minimum atomic E-state index is -0.243. The van der Waals surface area contributed by atoms with Gasteiger partial charge in [0.25, 0.3) is 0 Å². The summed E-state index contributed by atoms with van der Waals surface area (Å²) in [5.74, 6) is 0.413. The molecule has 3 rings (SSSR count). The van der Waals surface area contributed by atoms with E-state index >= 15 is 0 Å². The van der Waals surface area contributed by atoms with Crippen LogP contribution < -0.4 is 0 Å². The van der Waals surface area contributed by atoms with E-state index in [1.807, 2.05) is 0 Å². The maximum absolute atomic E-state index is 6.19. The minimum absolute atomic E-state index is 0.243. The lowest BCUT2D eigenvalue weighted by molar-refractivity contribution is -0.0495. The monoisotopic (exact) mass is 238 g/mol. The summed E-state index contributed by atoms with van der Waals surface area (Å²) in [5.41, 5.74) is 3.76. The first-order valence-electron chi connectivity index (χ1n) is 6.59. The predicted octanol–water partition coefficient (Wildman–Crippen LogP) is 4.08. The van der Waals surface area contributed by atoms with E-state index in [1.165, 1.54) is 16.7 Å². The third-order valence-corrected chi connectivity index (χ3v) is 4.01. The van der Waals surface area contributed by atoms with Gasteiger partial charge in [-0.25, -0.2) is 0 Å². The van der Waals surface area contributed by atoms with Gasteiger partial charge < -0.3 is 4.74 Å². The van der Waals surface area contributed by atoms with Gasteiger partial charge in [0.2, 0.25) is 0 Å². The molecule has 2 aromatic carbocycles. The summed E-state index contributed by atoms with van der Waals surface area (Å²) in [5, 5.41) is 0. The first-order chi connectivity index (χ1) is 8.80. The van der Waals surface area contributed by atoms with Gasteiger partial charge in [-0.1, -0.05) is 61.5 Å². The van der Waals surface area contributed by atoms with E-state index in [0.29, 0.717) is 5.92 Å². The van der Waals surface area contributed by atoms with Gasteiger partial charge >= 0.3 is 0 Å². The van der Waals surface area contributed by atoms with Gasteiger partial charge in [-0.3, -0.25) is 0 Å². The molecule has 92 valence electrons. The third-order valence-electron chi connectivity index (χ3n) is 4.01. The van der Waals surface area contributed by atoms with Crippen LogP contribution in [0.5, 0.6) is 0 Å². The predicted molar refractivity (Wildman–Crippen MR) is 73.7 cm³/mol. The van der Waals surface area contributed by atoms with E-state index < -0.39 is 0 Å². The van der Waals surface area contributed by atoms with Gasteiger partial charge in [0.05, 0.1) is 0 Å². The lowest BCUT2D eigenvalue weighted by Crippen LogP contribution is -2.45. The van der Waals surface area contributed by atoms with Gasteiger partial charge in [0.15, 0.2) is 0 Å². The fourth-order valence-corrected chi connectivity index (χ4v) is 3.19. The molecule has 2 atom stereocenters. The summed E-state index contributed by atoms with van der Waals surface area (Å²) >= 11 is 0. The van der Waals surface area contributed by atoms with E-state index in [9.17, 15) is 0 Å². The molecule has 2 unspecified atom stereocenters. The first kappa shape index (κ1) is 11.5. The Kier molecular flexibility index (Phi) is 2.71. The number of hydrogen-bond donors (Lipinski definition) is 0. The summed E-state index contributed by atoms with van der Waals surface area (Å²) in [7, 11) is 0. The first-order valence-corrected chi connectivity index (χ1v) is 6.59. The Bertz CT molecular complexity index is 547. The van der Waals surface area contributed by atoms with Crippen molar-refractivity contribution in [1.29, 1.82) is 0 Å². The van der Waals surface area contributed by atoms with E-state index in [-0.39, 0.29) is 5.60 Å². The number of rotatable bonds is 3. The molecule has 18 heavy (non-hydrogen) atoms. The van der Waals surface area contributed by atoms with Crippen LogP contribution in [0, 0.1) is 0 Å². The van der Waals surface area contributed by atoms with Crippen molar-refractivity contribution < 1.29 is 4.74 Å². The SMILES string of the molecule is CCOC1(c2ccccc2)c2ccccc2C1C. The maximum atomic E-state index is 6.19. The van der Waals surface area contributed by atoms with Crippen LogP contribution in [-0.2, 0) is 10.3 Å². The Balaban J connectivity index is 2.16. The highest BCUT2D eigenvalue weighted by Gasteiger charge is 2.51. The van der Waals surface area contributed by atoms with Crippen LogP contribution in [-0.4, -0.2) is 6.61 Å². The molecule has 2 aromatic rings. The zero-order valence-corrected chi connectivity index (χ0v) is 10.9. The van der Waals surface area contributed by atoms with Gasteiger partial charge in [-0.15, -0.1) is 0 Å². The molecule has 0 bridgehead atoms. The van der Waals surface area contributed by atoms with Crippen LogP contribution in [0.1, 0.15) is 36.5 Å². The topological polar surface area (TPSA) is 9.23 Å². The average Bonchev–Trinajstić information content (AvgIpc) is 2.45. The Labute approximate surface area is 108 Å². The number of fused-ring (bicyclic) bond motifs is 1. The van der Waals surface area contributed by atoms with E-state index in [2.05, 4.69) is 68.4 Å². The Morgan fingerprint density at radius 3 is 2.39 bits per heavy atom. The highest BCUT2D eigenvalue weighted by atomic mass is 16.5. The summed E-state index contributed by atoms with van der Waals surface area (Å²) < 4.78 is 6.19. The molecule has 1 aliphatic rings. The van der Waals surface area contributed by atoms with Crippen molar-refractivity contribution in [3.8, 4) is 0 Å². The fraction of sp³-hybridized carbons (Fsp3) is 0.294. The van der Waals surface area contributed by atoms with Crippen molar-refractivity contribution in [3.63, 3.8) is 0 Å². The molecule has 0 heterocycles. The molecule has 0 N–H and O–H groups in total. The molecule has 1 heteroatoms. The molecule has 0 aliphatic heterocycles. The van der Waals surface area contributed by atoms with Crippen molar-refractivity contribution >= 4 is 0 Å². The molecule has 0 saturated carbocycles. The van der Waals surface area contributed by atoms with Crippen molar-refractivity contribution in [3.05, 3.63) is 71.3 Å². The molecular formula is C17H18O. The highest BCUT2D eigenvalue weighted by molar-refractivity contribution is 5.54. The average molecular weight is 238 g/mol.